The number of anilines is 1. The number of rotatable bonds is 5. The maximum Gasteiger partial charge on any atom is 0.371 e. The lowest BCUT2D eigenvalue weighted by Crippen LogP contribution is -2.12. The molecule has 0 fully saturated rings. The second kappa shape index (κ2) is 5.58. The fourth-order valence-electron chi connectivity index (χ4n) is 1.29. The average molecular weight is 395 g/mol. The van der Waals surface area contributed by atoms with Crippen molar-refractivity contribution in [3.63, 3.8) is 0 Å². The third-order valence-corrected chi connectivity index (χ3v) is 5.33. The van der Waals surface area contributed by atoms with Gasteiger partial charge in [-0.05, 0) is 15.9 Å². The number of carboxylic acid groups (broad SMARTS) is 1. The molecule has 0 atom stereocenters. The molecule has 2 heterocycles. The molecule has 2 aromatic heterocycles. The highest BCUT2D eigenvalue weighted by Crippen LogP contribution is 2.28. The zero-order valence-corrected chi connectivity index (χ0v) is 13.5. The van der Waals surface area contributed by atoms with E-state index in [1.54, 1.807) is 0 Å². The second-order valence-electron chi connectivity index (χ2n) is 3.75. The molecule has 11 heteroatoms. The van der Waals surface area contributed by atoms with E-state index >= 15 is 0 Å². The number of carbonyl (C=O) groups is 2. The number of hydrogen-bond donors (Lipinski definition) is 2. The lowest BCUT2D eigenvalue weighted by molar-refractivity contribution is 0.0660. The molecule has 0 radical (unpaired) electrons. The predicted octanol–water partition coefficient (Wildman–Crippen LogP) is 2.20. The Morgan fingerprint density at radius 1 is 1.48 bits per heavy atom. The summed E-state index contributed by atoms with van der Waals surface area (Å²) in [4.78, 5) is 25.3. The van der Waals surface area contributed by atoms with Crippen LogP contribution in [0.5, 0.6) is 0 Å². The molecular formula is C10H7BrN2O6S2. The smallest absolute Gasteiger partial charge is 0.371 e. The Balaban J connectivity index is 2.33. The second-order valence-corrected chi connectivity index (χ2v) is 6.98. The molecule has 0 aliphatic carbocycles. The van der Waals surface area contributed by atoms with Gasteiger partial charge in [0.15, 0.2) is 15.6 Å². The van der Waals surface area contributed by atoms with Crippen LogP contribution in [0, 0.1) is 0 Å². The molecule has 21 heavy (non-hydrogen) atoms. The van der Waals surface area contributed by atoms with Crippen LogP contribution in [0.2, 0.25) is 0 Å². The van der Waals surface area contributed by atoms with Crippen LogP contribution in [0.1, 0.15) is 28.0 Å². The molecule has 8 nitrogen and oxygen atoms in total. The molecule has 112 valence electrons. The number of aromatic nitrogens is 1. The van der Waals surface area contributed by atoms with Gasteiger partial charge in [-0.3, -0.25) is 9.52 Å². The minimum absolute atomic E-state index is 0.00910. The van der Waals surface area contributed by atoms with Crippen molar-refractivity contribution in [1.29, 1.82) is 0 Å². The van der Waals surface area contributed by atoms with Crippen LogP contribution in [-0.2, 0) is 10.0 Å². The summed E-state index contributed by atoms with van der Waals surface area (Å²) < 4.78 is 30.9. The summed E-state index contributed by atoms with van der Waals surface area (Å²) in [5.41, 5.74) is 0.134. The summed E-state index contributed by atoms with van der Waals surface area (Å²) in [6.45, 7) is 1.30. The Bertz CT molecular complexity index is 822. The van der Waals surface area contributed by atoms with E-state index in [0.717, 1.165) is 17.4 Å². The lowest BCUT2D eigenvalue weighted by atomic mass is 10.4. The number of furan rings is 1. The first-order valence-corrected chi connectivity index (χ1v) is 8.38. The monoisotopic (exact) mass is 394 g/mol. The number of carbonyl (C=O) groups excluding carboxylic acids is 1. The van der Waals surface area contributed by atoms with E-state index in [2.05, 4.69) is 25.6 Å². The van der Waals surface area contributed by atoms with E-state index < -0.39 is 21.8 Å². The summed E-state index contributed by atoms with van der Waals surface area (Å²) in [6, 6.07) is 0.869. The minimum atomic E-state index is -4.09. The molecule has 2 N–H and O–H groups in total. The maximum absolute atomic E-state index is 12.1. The van der Waals surface area contributed by atoms with Crippen LogP contribution in [-0.4, -0.2) is 30.3 Å². The molecule has 0 unspecified atom stereocenters. The number of aromatic carboxylic acids is 1. The normalized spacial score (nSPS) is 11.3. The van der Waals surface area contributed by atoms with E-state index in [1.165, 1.54) is 12.3 Å². The number of sulfonamides is 1. The topological polar surface area (TPSA) is 127 Å². The Kier molecular flexibility index (Phi) is 4.16. The van der Waals surface area contributed by atoms with Gasteiger partial charge < -0.3 is 9.52 Å². The summed E-state index contributed by atoms with van der Waals surface area (Å²) in [6.07, 6.45) is 0. The molecule has 2 aromatic rings. The first-order chi connectivity index (χ1) is 9.70. The molecule has 0 saturated heterocycles. The van der Waals surface area contributed by atoms with Gasteiger partial charge in [0.05, 0.1) is 0 Å². The van der Waals surface area contributed by atoms with Crippen molar-refractivity contribution in [2.24, 2.45) is 0 Å². The van der Waals surface area contributed by atoms with Crippen LogP contribution in [0.4, 0.5) is 5.13 Å². The van der Waals surface area contributed by atoms with Crippen molar-refractivity contribution in [2.45, 2.75) is 11.8 Å². The average Bonchev–Trinajstić information content (AvgIpc) is 2.95. The van der Waals surface area contributed by atoms with Gasteiger partial charge in [0.25, 0.3) is 10.0 Å². The van der Waals surface area contributed by atoms with Crippen molar-refractivity contribution in [2.75, 3.05) is 4.72 Å². The summed E-state index contributed by atoms with van der Waals surface area (Å²) in [7, 11) is -4.09. The van der Waals surface area contributed by atoms with Crippen molar-refractivity contribution in [1.82, 2.24) is 4.98 Å². The Morgan fingerprint density at radius 3 is 2.62 bits per heavy atom. The molecule has 0 aromatic carbocycles. The van der Waals surface area contributed by atoms with Crippen molar-refractivity contribution < 1.29 is 27.5 Å². The number of carboxylic acids is 1. The van der Waals surface area contributed by atoms with Crippen molar-refractivity contribution >= 4 is 54.2 Å². The van der Waals surface area contributed by atoms with E-state index in [1.807, 2.05) is 0 Å². The maximum atomic E-state index is 12.1. The zero-order chi connectivity index (χ0) is 15.8. The number of thiazole rings is 1. The lowest BCUT2D eigenvalue weighted by Gasteiger charge is -2.02. The van der Waals surface area contributed by atoms with Gasteiger partial charge in [-0.15, -0.1) is 11.3 Å². The van der Waals surface area contributed by atoms with E-state index in [-0.39, 0.29) is 26.2 Å². The highest BCUT2D eigenvalue weighted by Gasteiger charge is 2.26. The fourth-order valence-corrected chi connectivity index (χ4v) is 4.24. The van der Waals surface area contributed by atoms with Crippen molar-refractivity contribution in [3.8, 4) is 0 Å². The van der Waals surface area contributed by atoms with Crippen LogP contribution in [0.3, 0.4) is 0 Å². The minimum Gasteiger partial charge on any atom is -0.475 e. The highest BCUT2D eigenvalue weighted by atomic mass is 79.9. The number of nitrogens with zero attached hydrogens (tertiary/aromatic N) is 1. The zero-order valence-electron chi connectivity index (χ0n) is 10.3. The molecule has 0 aliphatic rings. The van der Waals surface area contributed by atoms with Gasteiger partial charge in [-0.25, -0.2) is 18.2 Å². The van der Waals surface area contributed by atoms with E-state index in [9.17, 15) is 18.0 Å². The fraction of sp³-hybridized carbons (Fsp3) is 0.100. The summed E-state index contributed by atoms with van der Waals surface area (Å²) in [5.74, 6) is -2.22. The molecular weight excluding hydrogens is 388 g/mol. The van der Waals surface area contributed by atoms with Gasteiger partial charge in [0.2, 0.25) is 5.76 Å². The third kappa shape index (κ3) is 3.31. The van der Waals surface area contributed by atoms with Gasteiger partial charge >= 0.3 is 5.97 Å². The molecule has 0 saturated carbocycles. The number of Topliss-reactive ketones (excluding diaryl/α,β-unsaturated/α-hetero) is 1. The van der Waals surface area contributed by atoms with E-state index in [0.29, 0.717) is 0 Å². The largest absolute Gasteiger partial charge is 0.475 e. The quantitative estimate of drug-likeness (QED) is 0.743. The summed E-state index contributed by atoms with van der Waals surface area (Å²) in [5, 5.41) is 10.2. The molecule has 0 amide bonds. The van der Waals surface area contributed by atoms with Gasteiger partial charge in [0, 0.05) is 18.4 Å². The molecule has 0 aliphatic heterocycles. The molecule has 2 rings (SSSR count). The van der Waals surface area contributed by atoms with E-state index in [4.69, 9.17) is 9.52 Å². The third-order valence-electron chi connectivity index (χ3n) is 2.24. The first kappa shape index (κ1) is 15.7. The molecule has 0 bridgehead atoms. The number of hydrogen-bond acceptors (Lipinski definition) is 7. The predicted molar refractivity (Wildman–Crippen MR) is 76.3 cm³/mol. The molecule has 0 spiro atoms. The van der Waals surface area contributed by atoms with Crippen molar-refractivity contribution in [3.05, 3.63) is 27.6 Å². The number of ketones is 1. The number of halogens is 1. The summed E-state index contributed by atoms with van der Waals surface area (Å²) >= 11 is 3.78. The van der Waals surface area contributed by atoms with Gasteiger partial charge in [-0.2, -0.15) is 0 Å². The van der Waals surface area contributed by atoms with Gasteiger partial charge in [0.1, 0.15) is 10.6 Å². The standard InChI is InChI=1S/C10H7BrN2O6S2/c1-4(14)5-3-20-10(12-5)13-21(17,18)7-2-6(9(15)16)19-8(7)11/h2-3H,1H3,(H,12,13)(H,15,16). The van der Waals surface area contributed by atoms with Crippen LogP contribution >= 0.6 is 27.3 Å². The first-order valence-electron chi connectivity index (χ1n) is 5.22. The van der Waals surface area contributed by atoms with Crippen LogP contribution < -0.4 is 4.72 Å². The van der Waals surface area contributed by atoms with Gasteiger partial charge in [-0.1, -0.05) is 0 Å². The van der Waals surface area contributed by atoms with Crippen LogP contribution in [0.15, 0.2) is 25.4 Å². The number of nitrogens with one attached hydrogen (secondary N) is 1. The SMILES string of the molecule is CC(=O)c1csc(NS(=O)(=O)c2cc(C(=O)O)oc2Br)n1. The van der Waals surface area contributed by atoms with Crippen LogP contribution in [0.25, 0.3) is 0 Å². The Morgan fingerprint density at radius 2 is 2.14 bits per heavy atom. The Hall–Kier alpha value is -1.72. The highest BCUT2D eigenvalue weighted by molar-refractivity contribution is 9.10. The Labute approximate surface area is 131 Å².